The van der Waals surface area contributed by atoms with Crippen molar-refractivity contribution in [1.29, 1.82) is 0 Å². The van der Waals surface area contributed by atoms with Crippen molar-refractivity contribution in [2.24, 2.45) is 5.92 Å². The molecule has 0 bridgehead atoms. The fraction of sp³-hybridized carbons (Fsp3) is 0.344. The molecule has 0 N–H and O–H groups in total. The Hall–Kier alpha value is -3.93. The molecule has 6 heteroatoms. The van der Waals surface area contributed by atoms with E-state index in [9.17, 15) is 14.4 Å². The Bertz CT molecular complexity index is 1280. The van der Waals surface area contributed by atoms with Crippen molar-refractivity contribution in [1.82, 2.24) is 4.90 Å². The number of nitrogens with zero attached hydrogens (tertiary/aromatic N) is 2. The molecule has 1 fully saturated rings. The summed E-state index contributed by atoms with van der Waals surface area (Å²) < 4.78 is 5.18. The summed E-state index contributed by atoms with van der Waals surface area (Å²) in [4.78, 5) is 42.7. The van der Waals surface area contributed by atoms with Gasteiger partial charge in [-0.3, -0.25) is 14.4 Å². The van der Waals surface area contributed by atoms with E-state index in [1.165, 1.54) is 0 Å². The summed E-state index contributed by atoms with van der Waals surface area (Å²) in [5.41, 5.74) is 5.33. The summed E-state index contributed by atoms with van der Waals surface area (Å²) in [6, 6.07) is 23.4. The lowest BCUT2D eigenvalue weighted by atomic mass is 9.97. The van der Waals surface area contributed by atoms with Crippen molar-refractivity contribution in [3.63, 3.8) is 0 Å². The van der Waals surface area contributed by atoms with Crippen LogP contribution in [0.15, 0.2) is 72.8 Å². The Morgan fingerprint density at radius 1 is 0.947 bits per heavy atom. The van der Waals surface area contributed by atoms with Crippen molar-refractivity contribution < 1.29 is 19.1 Å². The second-order valence-corrected chi connectivity index (χ2v) is 9.97. The second-order valence-electron chi connectivity index (χ2n) is 9.97. The lowest BCUT2D eigenvalue weighted by Gasteiger charge is -2.31. The van der Waals surface area contributed by atoms with Crippen LogP contribution in [-0.4, -0.2) is 42.4 Å². The number of rotatable bonds is 8. The van der Waals surface area contributed by atoms with E-state index in [1.54, 1.807) is 16.7 Å². The number of piperidine rings is 1. The molecule has 0 spiro atoms. The van der Waals surface area contributed by atoms with E-state index >= 15 is 0 Å². The lowest BCUT2D eigenvalue weighted by molar-refractivity contribution is -0.151. The molecule has 1 unspecified atom stereocenters. The first kappa shape index (κ1) is 27.1. The molecule has 0 aromatic heterocycles. The van der Waals surface area contributed by atoms with Crippen LogP contribution in [0.25, 0.3) is 0 Å². The largest absolute Gasteiger partial charge is 0.466 e. The Balaban J connectivity index is 1.56. The van der Waals surface area contributed by atoms with Gasteiger partial charge < -0.3 is 14.5 Å². The van der Waals surface area contributed by atoms with E-state index in [-0.39, 0.29) is 30.1 Å². The number of ether oxygens (including phenoxy) is 1. The van der Waals surface area contributed by atoms with Gasteiger partial charge in [0.05, 0.1) is 25.5 Å². The third-order valence-electron chi connectivity index (χ3n) is 7.05. The first-order valence-electron chi connectivity index (χ1n) is 13.3. The minimum atomic E-state index is -0.268. The molecule has 198 valence electrons. The van der Waals surface area contributed by atoms with Gasteiger partial charge in [-0.2, -0.15) is 0 Å². The molecule has 1 saturated heterocycles. The molecule has 1 aliphatic heterocycles. The number of aryl methyl sites for hydroxylation is 2. The molecule has 0 saturated carbocycles. The third kappa shape index (κ3) is 6.68. The number of carbonyl (C=O) groups is 3. The van der Waals surface area contributed by atoms with Crippen LogP contribution in [0.5, 0.6) is 0 Å². The van der Waals surface area contributed by atoms with Gasteiger partial charge in [-0.05, 0) is 68.5 Å². The number of carbonyl (C=O) groups excluding carboxylic acids is 3. The molecule has 0 aliphatic carbocycles. The maximum absolute atomic E-state index is 13.8. The van der Waals surface area contributed by atoms with Crippen molar-refractivity contribution in [2.45, 2.75) is 46.6 Å². The molecule has 38 heavy (non-hydrogen) atoms. The van der Waals surface area contributed by atoms with E-state index in [1.807, 2.05) is 86.6 Å². The highest BCUT2D eigenvalue weighted by molar-refractivity contribution is 6.07. The topological polar surface area (TPSA) is 66.9 Å². The monoisotopic (exact) mass is 512 g/mol. The Labute approximate surface area is 225 Å². The van der Waals surface area contributed by atoms with Crippen LogP contribution < -0.4 is 4.90 Å². The van der Waals surface area contributed by atoms with E-state index in [2.05, 4.69) is 0 Å². The normalized spacial score (nSPS) is 15.1. The minimum absolute atomic E-state index is 0.0218. The zero-order chi connectivity index (χ0) is 27.1. The van der Waals surface area contributed by atoms with Crippen molar-refractivity contribution >= 4 is 23.5 Å². The third-order valence-corrected chi connectivity index (χ3v) is 7.05. The van der Waals surface area contributed by atoms with Gasteiger partial charge in [-0.1, -0.05) is 60.2 Å². The SMILES string of the molecule is CCOC(=O)C1CCCN(C(=O)Cc2cccc(N(Cc3ccc(C)cc3)C(=O)c3ccccc3C)c2)C1. The van der Waals surface area contributed by atoms with Crippen molar-refractivity contribution in [3.05, 3.63) is 101 Å². The fourth-order valence-electron chi connectivity index (χ4n) is 4.89. The van der Waals surface area contributed by atoms with Gasteiger partial charge in [-0.25, -0.2) is 0 Å². The summed E-state index contributed by atoms with van der Waals surface area (Å²) in [7, 11) is 0. The molecular weight excluding hydrogens is 476 g/mol. The number of benzene rings is 3. The molecule has 3 aromatic rings. The van der Waals surface area contributed by atoms with E-state index in [4.69, 9.17) is 4.74 Å². The minimum Gasteiger partial charge on any atom is -0.466 e. The molecule has 1 aliphatic rings. The first-order chi connectivity index (χ1) is 18.4. The molecule has 6 nitrogen and oxygen atoms in total. The molecular formula is C32H36N2O4. The average Bonchev–Trinajstić information content (AvgIpc) is 2.93. The Morgan fingerprint density at radius 2 is 1.71 bits per heavy atom. The number of esters is 1. The van der Waals surface area contributed by atoms with Crippen LogP contribution in [0, 0.1) is 19.8 Å². The van der Waals surface area contributed by atoms with Crippen LogP contribution in [0.1, 0.15) is 52.4 Å². The fourth-order valence-corrected chi connectivity index (χ4v) is 4.89. The maximum Gasteiger partial charge on any atom is 0.310 e. The highest BCUT2D eigenvalue weighted by Gasteiger charge is 2.29. The van der Waals surface area contributed by atoms with E-state index in [0.29, 0.717) is 31.8 Å². The molecule has 3 aromatic carbocycles. The van der Waals surface area contributed by atoms with Gasteiger partial charge in [0.15, 0.2) is 0 Å². The Kier molecular flexibility index (Phi) is 8.95. The number of anilines is 1. The molecule has 0 radical (unpaired) electrons. The summed E-state index contributed by atoms with van der Waals surface area (Å²) in [6.45, 7) is 7.56. The first-order valence-corrected chi connectivity index (χ1v) is 13.3. The van der Waals surface area contributed by atoms with Crippen molar-refractivity contribution in [3.8, 4) is 0 Å². The number of likely N-dealkylation sites (tertiary alicyclic amines) is 1. The summed E-state index contributed by atoms with van der Waals surface area (Å²) in [6.07, 6.45) is 1.73. The molecule has 1 atom stereocenters. The predicted octanol–water partition coefficient (Wildman–Crippen LogP) is 5.49. The maximum atomic E-state index is 13.8. The highest BCUT2D eigenvalue weighted by atomic mass is 16.5. The Morgan fingerprint density at radius 3 is 2.45 bits per heavy atom. The number of hydrogen-bond donors (Lipinski definition) is 0. The number of hydrogen-bond acceptors (Lipinski definition) is 4. The quantitative estimate of drug-likeness (QED) is 0.374. The number of amides is 2. The van der Waals surface area contributed by atoms with Gasteiger partial charge >= 0.3 is 5.97 Å². The molecule has 4 rings (SSSR count). The lowest BCUT2D eigenvalue weighted by Crippen LogP contribution is -2.43. The van der Waals surface area contributed by atoms with Crippen molar-refractivity contribution in [2.75, 3.05) is 24.6 Å². The zero-order valence-electron chi connectivity index (χ0n) is 22.5. The van der Waals surface area contributed by atoms with Crippen LogP contribution in [0.2, 0.25) is 0 Å². The molecule has 2 amide bonds. The van der Waals surface area contributed by atoms with Crippen LogP contribution in [0.3, 0.4) is 0 Å². The van der Waals surface area contributed by atoms with E-state index < -0.39 is 0 Å². The highest BCUT2D eigenvalue weighted by Crippen LogP contribution is 2.25. The van der Waals surface area contributed by atoms with Gasteiger partial charge in [0.2, 0.25) is 5.91 Å². The van der Waals surface area contributed by atoms with Crippen LogP contribution >= 0.6 is 0 Å². The van der Waals surface area contributed by atoms with Crippen LogP contribution in [-0.2, 0) is 27.3 Å². The smallest absolute Gasteiger partial charge is 0.310 e. The standard InChI is InChI=1S/C32H36N2O4/c1-4-38-32(37)27-11-8-18-33(22-27)30(35)20-26-10-7-12-28(19-26)34(21-25-16-14-23(2)15-17-25)31(36)29-13-6-5-9-24(29)3/h5-7,9-10,12-17,19,27H,4,8,11,18,20-22H2,1-3H3. The molecule has 1 heterocycles. The summed E-state index contributed by atoms with van der Waals surface area (Å²) >= 11 is 0. The van der Waals surface area contributed by atoms with Crippen LogP contribution in [0.4, 0.5) is 5.69 Å². The summed E-state index contributed by atoms with van der Waals surface area (Å²) in [5.74, 6) is -0.601. The predicted molar refractivity (Wildman–Crippen MR) is 149 cm³/mol. The second kappa shape index (κ2) is 12.5. The van der Waals surface area contributed by atoms with E-state index in [0.717, 1.165) is 40.8 Å². The van der Waals surface area contributed by atoms with Gasteiger partial charge in [0, 0.05) is 24.3 Å². The summed E-state index contributed by atoms with van der Waals surface area (Å²) in [5, 5.41) is 0. The average molecular weight is 513 g/mol. The van der Waals surface area contributed by atoms with Gasteiger partial charge in [0.25, 0.3) is 5.91 Å². The van der Waals surface area contributed by atoms with Gasteiger partial charge in [-0.15, -0.1) is 0 Å². The van der Waals surface area contributed by atoms with Gasteiger partial charge in [0.1, 0.15) is 0 Å². The zero-order valence-corrected chi connectivity index (χ0v) is 22.5.